The van der Waals surface area contributed by atoms with Gasteiger partial charge in [0.15, 0.2) is 0 Å². The van der Waals surface area contributed by atoms with Crippen LogP contribution < -0.4 is 0 Å². The zero-order valence-corrected chi connectivity index (χ0v) is 17.3. The summed E-state index contributed by atoms with van der Waals surface area (Å²) in [6.07, 6.45) is 8.18. The van der Waals surface area contributed by atoms with E-state index in [2.05, 4.69) is 0 Å². The molecule has 0 aliphatic carbocycles. The molecule has 5 rings (SSSR count). The Labute approximate surface area is 192 Å². The summed E-state index contributed by atoms with van der Waals surface area (Å²) < 4.78 is 30.7. The highest BCUT2D eigenvalue weighted by atomic mass is 16.6. The molecule has 0 unspecified atom stereocenters. The second-order valence-electron chi connectivity index (χ2n) is 8.58. The van der Waals surface area contributed by atoms with Gasteiger partial charge < -0.3 is 39.0 Å². The minimum Gasteiger partial charge on any atom is -0.394 e. The predicted molar refractivity (Wildman–Crippen MR) is 119 cm³/mol. The molecule has 11 atom stereocenters. The van der Waals surface area contributed by atoms with Crippen molar-refractivity contribution >= 4 is 8.41 Å². The summed E-state index contributed by atoms with van der Waals surface area (Å²) in [4.78, 5) is 0. The van der Waals surface area contributed by atoms with Gasteiger partial charge in [-0.2, -0.15) is 0 Å². The standard InChI is InChI=1S/C22H30O8.CH4.B.H2/c23-11-19-12(24)4-3-6-13-14(28-19)7-8-15-17(27-13)10-18-22(30-15)20(25)21-16(29-18)5-1-2-9-26-21;;;/h1-4,7-8,12-25H,5-6,9-11H2;1H4;;1H/b4-3-;;;/t12-,13+,14-,15+,16-,17-,18+,19+,20+,21-,22+;;;/m0.../s1/i;;;1+1. The lowest BCUT2D eigenvalue weighted by atomic mass is 9.87. The predicted octanol–water partition coefficient (Wildman–Crippen LogP) is 0.509. The topological polar surface area (TPSA) is 107 Å². The van der Waals surface area contributed by atoms with Crippen LogP contribution in [0.4, 0.5) is 0 Å². The van der Waals surface area contributed by atoms with Crippen molar-refractivity contribution in [3.05, 3.63) is 36.5 Å². The summed E-state index contributed by atoms with van der Waals surface area (Å²) in [5.41, 5.74) is 0. The Balaban J connectivity index is 0.00000128. The molecule has 5 heterocycles. The van der Waals surface area contributed by atoms with Crippen molar-refractivity contribution in [2.45, 2.75) is 93.8 Å². The van der Waals surface area contributed by atoms with E-state index in [1.54, 1.807) is 6.08 Å². The zero-order valence-electron chi connectivity index (χ0n) is 17.3. The lowest BCUT2D eigenvalue weighted by Crippen LogP contribution is -2.63. The van der Waals surface area contributed by atoms with E-state index in [9.17, 15) is 15.3 Å². The minimum atomic E-state index is -0.862. The first-order valence-electron chi connectivity index (χ1n) is 10.8. The molecule has 0 aromatic rings. The van der Waals surface area contributed by atoms with Gasteiger partial charge in [-0.15, -0.1) is 0 Å². The smallest absolute Gasteiger partial charge is 0.113 e. The molecule has 5 aliphatic rings. The lowest BCUT2D eigenvalue weighted by Gasteiger charge is -2.49. The highest BCUT2D eigenvalue weighted by molar-refractivity contribution is 5.75. The molecule has 0 spiro atoms. The third-order valence-electron chi connectivity index (χ3n) is 6.62. The highest BCUT2D eigenvalue weighted by Gasteiger charge is 2.52. The second-order valence-corrected chi connectivity index (χ2v) is 8.58. The molecule has 32 heavy (non-hydrogen) atoms. The molecule has 9 heteroatoms. The molecule has 2 saturated heterocycles. The number of hydrogen-bond donors (Lipinski definition) is 3. The van der Waals surface area contributed by atoms with Crippen molar-refractivity contribution in [2.75, 3.05) is 13.2 Å². The summed E-state index contributed by atoms with van der Waals surface area (Å²) in [5.74, 6) is 0. The number of rotatable bonds is 1. The van der Waals surface area contributed by atoms with E-state index in [1.807, 2.05) is 30.4 Å². The molecule has 0 amide bonds. The zero-order chi connectivity index (χ0) is 20.7. The quantitative estimate of drug-likeness (QED) is 0.391. The van der Waals surface area contributed by atoms with Gasteiger partial charge in [-0.1, -0.05) is 43.9 Å². The average Bonchev–Trinajstić information content (AvgIpc) is 3.06. The first-order chi connectivity index (χ1) is 14.6. The number of ether oxygens (including phenoxy) is 5. The first-order valence-corrected chi connectivity index (χ1v) is 10.8. The normalized spacial score (nSPS) is 48.5. The van der Waals surface area contributed by atoms with Gasteiger partial charge in [0.2, 0.25) is 0 Å². The van der Waals surface area contributed by atoms with Gasteiger partial charge in [0.25, 0.3) is 0 Å². The van der Waals surface area contributed by atoms with E-state index in [4.69, 9.17) is 23.7 Å². The van der Waals surface area contributed by atoms with E-state index in [-0.39, 0.29) is 54.4 Å². The van der Waals surface area contributed by atoms with Crippen LogP contribution in [-0.2, 0) is 23.7 Å². The highest BCUT2D eigenvalue weighted by Crippen LogP contribution is 2.38. The Hall–Kier alpha value is -1.04. The number of aliphatic hydroxyl groups is 3. The van der Waals surface area contributed by atoms with Crippen molar-refractivity contribution < 1.29 is 40.4 Å². The van der Waals surface area contributed by atoms with Crippen molar-refractivity contribution in [3.63, 3.8) is 0 Å². The van der Waals surface area contributed by atoms with Gasteiger partial charge in [0, 0.05) is 16.3 Å². The molecule has 0 bridgehead atoms. The largest absolute Gasteiger partial charge is 0.394 e. The lowest BCUT2D eigenvalue weighted by molar-refractivity contribution is -0.286. The Kier molecular flexibility index (Phi) is 8.74. The molecular weight excluding hydrogens is 415 g/mol. The Morgan fingerprint density at radius 2 is 1.50 bits per heavy atom. The summed E-state index contributed by atoms with van der Waals surface area (Å²) in [6, 6.07) is 0. The van der Waals surface area contributed by atoms with Crippen LogP contribution in [0.3, 0.4) is 0 Å². The third kappa shape index (κ3) is 4.90. The van der Waals surface area contributed by atoms with Crippen molar-refractivity contribution in [1.82, 2.24) is 0 Å². The van der Waals surface area contributed by atoms with Crippen LogP contribution in [0.15, 0.2) is 36.5 Å². The first kappa shape index (κ1) is 25.6. The molecule has 8 nitrogen and oxygen atoms in total. The van der Waals surface area contributed by atoms with Crippen LogP contribution in [0.5, 0.6) is 0 Å². The van der Waals surface area contributed by atoms with Gasteiger partial charge >= 0.3 is 0 Å². The van der Waals surface area contributed by atoms with Crippen LogP contribution in [0.1, 0.15) is 28.1 Å². The van der Waals surface area contributed by atoms with Crippen LogP contribution >= 0.6 is 0 Å². The molecule has 3 radical (unpaired) electrons. The summed E-state index contributed by atoms with van der Waals surface area (Å²) in [7, 11) is 0. The maximum absolute atomic E-state index is 10.9. The number of fused-ring (bicyclic) bond motifs is 4. The maximum Gasteiger partial charge on any atom is 0.113 e. The fourth-order valence-electron chi connectivity index (χ4n) is 5.04. The maximum atomic E-state index is 10.9. The van der Waals surface area contributed by atoms with E-state index in [0.29, 0.717) is 25.9 Å². The van der Waals surface area contributed by atoms with Gasteiger partial charge in [-0.25, -0.2) is 0 Å². The molecule has 2 fully saturated rings. The van der Waals surface area contributed by atoms with Gasteiger partial charge in [0.05, 0.1) is 37.6 Å². The number of hydrogen-bond acceptors (Lipinski definition) is 8. The van der Waals surface area contributed by atoms with Crippen molar-refractivity contribution in [2.24, 2.45) is 0 Å². The monoisotopic (exact) mass is 452 g/mol. The minimum absolute atomic E-state index is 0. The van der Waals surface area contributed by atoms with Gasteiger partial charge in [-0.3, -0.25) is 0 Å². The number of aliphatic hydroxyl groups excluding tert-OH is 3. The van der Waals surface area contributed by atoms with Gasteiger partial charge in [0.1, 0.15) is 42.7 Å². The van der Waals surface area contributed by atoms with E-state index < -0.39 is 36.6 Å². The van der Waals surface area contributed by atoms with Crippen LogP contribution in [0, 0.1) is 0 Å². The summed E-state index contributed by atoms with van der Waals surface area (Å²) in [5, 5.41) is 30.6. The fourth-order valence-corrected chi connectivity index (χ4v) is 5.04. The molecule has 5 aliphatic heterocycles. The van der Waals surface area contributed by atoms with Crippen molar-refractivity contribution in [1.29, 1.82) is 0 Å². The van der Waals surface area contributed by atoms with E-state index in [1.165, 1.54) is 0 Å². The average molecular weight is 452 g/mol. The molecule has 3 N–H and O–H groups in total. The van der Waals surface area contributed by atoms with Crippen LogP contribution in [-0.4, -0.2) is 104 Å². The molecule has 0 saturated carbocycles. The molecular formula is C23H36BO8. The van der Waals surface area contributed by atoms with Crippen LogP contribution in [0.2, 0.25) is 0 Å². The summed E-state index contributed by atoms with van der Waals surface area (Å²) in [6.45, 7) is 0.174. The Bertz CT molecular complexity index is 706. The molecule has 0 aromatic heterocycles. The molecule has 179 valence electrons. The second kappa shape index (κ2) is 10.9. The van der Waals surface area contributed by atoms with Crippen LogP contribution in [0.25, 0.3) is 0 Å². The fraction of sp³-hybridized carbons (Fsp3) is 0.739. The van der Waals surface area contributed by atoms with Crippen molar-refractivity contribution in [3.8, 4) is 0 Å². The Morgan fingerprint density at radius 3 is 2.28 bits per heavy atom. The SMILES string of the molecule is C.OC[C@H]1O[C@H]2C=C[C@H]3O[C@H]4[C@H](O)[C@H]5OCC=CC[C@@H]5O[C@@H]4C[C@@H]3O[C@@H]2C/C=C\[C@@H]1O.[2HH].[B]. The summed E-state index contributed by atoms with van der Waals surface area (Å²) >= 11 is 0. The van der Waals surface area contributed by atoms with Gasteiger partial charge in [-0.05, 0) is 12.8 Å². The third-order valence-corrected chi connectivity index (χ3v) is 6.62. The molecule has 0 aromatic carbocycles. The van der Waals surface area contributed by atoms with E-state index in [0.717, 1.165) is 0 Å². The van der Waals surface area contributed by atoms with E-state index >= 15 is 0 Å². The Morgan fingerprint density at radius 1 is 0.781 bits per heavy atom.